The first-order valence-electron chi connectivity index (χ1n) is 9.13. The molecule has 0 spiro atoms. The number of phosphoric ester groups is 1. The second-order valence-electron chi connectivity index (χ2n) is 7.58. The van der Waals surface area contributed by atoms with E-state index >= 15 is 0 Å². The van der Waals surface area contributed by atoms with Crippen LogP contribution in [0.25, 0.3) is 0 Å². The highest BCUT2D eigenvalue weighted by molar-refractivity contribution is 7.46. The molecule has 0 saturated heterocycles. The van der Waals surface area contributed by atoms with Gasteiger partial charge in [-0.25, -0.2) is 4.57 Å². The van der Waals surface area contributed by atoms with Crippen molar-refractivity contribution >= 4 is 42.7 Å². The van der Waals surface area contributed by atoms with Crippen LogP contribution in [-0.4, -0.2) is 33.2 Å². The average Bonchev–Trinajstić information content (AvgIpc) is 2.65. The van der Waals surface area contributed by atoms with Gasteiger partial charge in [0.1, 0.15) is 17.5 Å². The van der Waals surface area contributed by atoms with Crippen LogP contribution in [0.4, 0.5) is 0 Å². The highest BCUT2D eigenvalue weighted by Gasteiger charge is 2.48. The standard InChI is InChI=1S/C20H20Cl2NO7P/c1-10(24)11-7-8-15-13(9-11)17(18(20(2,3)29-15)30-31(26,27)28)23-19(25)12-5-4-6-14(21)16(12)22/h4-9,17-18H,1-3H3,(H,23,25)(H2,26,27,28)/t17-,18-/m0/s1. The first kappa shape index (κ1) is 23.7. The van der Waals surface area contributed by atoms with E-state index in [2.05, 4.69) is 5.32 Å². The minimum Gasteiger partial charge on any atom is -0.485 e. The van der Waals surface area contributed by atoms with Gasteiger partial charge in [0.15, 0.2) is 5.78 Å². The molecule has 31 heavy (non-hydrogen) atoms. The lowest BCUT2D eigenvalue weighted by atomic mass is 9.85. The zero-order valence-corrected chi connectivity index (χ0v) is 19.2. The Labute approximate surface area is 188 Å². The summed E-state index contributed by atoms with van der Waals surface area (Å²) in [6, 6.07) is 8.07. The van der Waals surface area contributed by atoms with E-state index in [9.17, 15) is 23.9 Å². The first-order valence-corrected chi connectivity index (χ1v) is 11.4. The summed E-state index contributed by atoms with van der Waals surface area (Å²) in [4.78, 5) is 43.9. The maximum atomic E-state index is 13.0. The molecule has 166 valence electrons. The van der Waals surface area contributed by atoms with Gasteiger partial charge in [0, 0.05) is 11.1 Å². The number of amides is 1. The number of phosphoric acid groups is 1. The number of nitrogens with one attached hydrogen (secondary N) is 1. The average molecular weight is 488 g/mol. The van der Waals surface area contributed by atoms with E-state index in [1.807, 2.05) is 0 Å². The van der Waals surface area contributed by atoms with Gasteiger partial charge >= 0.3 is 7.82 Å². The van der Waals surface area contributed by atoms with Crippen molar-refractivity contribution in [3.8, 4) is 5.75 Å². The number of Topliss-reactive ketones (excluding diaryl/α,β-unsaturated/α-hetero) is 1. The fourth-order valence-corrected chi connectivity index (χ4v) is 4.45. The van der Waals surface area contributed by atoms with Gasteiger partial charge in [-0.1, -0.05) is 29.3 Å². The van der Waals surface area contributed by atoms with Crippen molar-refractivity contribution < 1.29 is 33.2 Å². The molecule has 0 aliphatic carbocycles. The molecule has 0 radical (unpaired) electrons. The van der Waals surface area contributed by atoms with E-state index in [-0.39, 0.29) is 21.4 Å². The zero-order valence-electron chi connectivity index (χ0n) is 16.8. The van der Waals surface area contributed by atoms with Gasteiger partial charge in [0.25, 0.3) is 5.91 Å². The predicted octanol–water partition coefficient (Wildman–Crippen LogP) is 4.32. The predicted molar refractivity (Wildman–Crippen MR) is 115 cm³/mol. The lowest BCUT2D eigenvalue weighted by molar-refractivity contribution is -0.0597. The van der Waals surface area contributed by atoms with E-state index in [1.54, 1.807) is 32.0 Å². The molecule has 8 nitrogen and oxygen atoms in total. The molecule has 3 rings (SSSR count). The van der Waals surface area contributed by atoms with Crippen molar-refractivity contribution in [2.45, 2.75) is 38.5 Å². The number of benzene rings is 2. The van der Waals surface area contributed by atoms with E-state index in [0.29, 0.717) is 16.9 Å². The van der Waals surface area contributed by atoms with Crippen LogP contribution in [0.1, 0.15) is 53.1 Å². The van der Waals surface area contributed by atoms with Crippen molar-refractivity contribution in [2.24, 2.45) is 0 Å². The number of carbonyl (C=O) groups is 2. The Morgan fingerprint density at radius 2 is 1.87 bits per heavy atom. The zero-order chi connectivity index (χ0) is 23.1. The second-order valence-corrected chi connectivity index (χ2v) is 9.56. The van der Waals surface area contributed by atoms with Crippen LogP contribution in [0.2, 0.25) is 10.0 Å². The minimum absolute atomic E-state index is 0.0261. The fourth-order valence-electron chi connectivity index (χ4n) is 3.40. The number of hydrogen-bond acceptors (Lipinski definition) is 5. The molecule has 11 heteroatoms. The van der Waals surface area contributed by atoms with E-state index < -0.39 is 31.5 Å². The molecule has 2 atom stereocenters. The summed E-state index contributed by atoms with van der Waals surface area (Å²) in [5.41, 5.74) is -0.520. The SMILES string of the molecule is CC(=O)c1ccc2c(c1)[C@H](NC(=O)c1cccc(Cl)c1Cl)[C@H](OP(=O)(O)O)C(C)(C)O2. The number of rotatable bonds is 5. The molecule has 1 aliphatic rings. The highest BCUT2D eigenvalue weighted by atomic mass is 35.5. The molecule has 1 amide bonds. The Morgan fingerprint density at radius 1 is 1.19 bits per heavy atom. The maximum absolute atomic E-state index is 13.0. The third-order valence-electron chi connectivity index (χ3n) is 4.85. The number of fused-ring (bicyclic) bond motifs is 1. The maximum Gasteiger partial charge on any atom is 0.470 e. The fraction of sp³-hybridized carbons (Fsp3) is 0.300. The third-order valence-corrected chi connectivity index (χ3v) is 6.17. The van der Waals surface area contributed by atoms with Crippen molar-refractivity contribution in [1.29, 1.82) is 0 Å². The van der Waals surface area contributed by atoms with Crippen LogP contribution in [0.5, 0.6) is 5.75 Å². The Hall–Kier alpha value is -1.93. The van der Waals surface area contributed by atoms with Gasteiger partial charge < -0.3 is 19.8 Å². The smallest absolute Gasteiger partial charge is 0.470 e. The molecule has 1 heterocycles. The Bertz CT molecular complexity index is 1100. The Morgan fingerprint density at radius 3 is 2.48 bits per heavy atom. The van der Waals surface area contributed by atoms with Crippen molar-refractivity contribution in [3.05, 3.63) is 63.1 Å². The number of hydrogen-bond donors (Lipinski definition) is 3. The monoisotopic (exact) mass is 487 g/mol. The Kier molecular flexibility index (Phi) is 6.54. The first-order chi connectivity index (χ1) is 14.3. The van der Waals surface area contributed by atoms with E-state index in [4.69, 9.17) is 32.5 Å². The molecule has 2 aromatic rings. The van der Waals surface area contributed by atoms with Gasteiger partial charge in [-0.2, -0.15) is 0 Å². The van der Waals surface area contributed by atoms with Gasteiger partial charge in [-0.05, 0) is 51.1 Å². The molecular formula is C20H20Cl2NO7P. The van der Waals surface area contributed by atoms with Crippen LogP contribution in [0.3, 0.4) is 0 Å². The van der Waals surface area contributed by atoms with Crippen molar-refractivity contribution in [2.75, 3.05) is 0 Å². The van der Waals surface area contributed by atoms with E-state index in [0.717, 1.165) is 0 Å². The summed E-state index contributed by atoms with van der Waals surface area (Å²) in [6.07, 6.45) is -1.30. The summed E-state index contributed by atoms with van der Waals surface area (Å²) < 4.78 is 22.6. The van der Waals surface area contributed by atoms with Crippen molar-refractivity contribution in [1.82, 2.24) is 5.32 Å². The van der Waals surface area contributed by atoms with Crippen molar-refractivity contribution in [3.63, 3.8) is 0 Å². The molecule has 2 aromatic carbocycles. The summed E-state index contributed by atoms with van der Waals surface area (Å²) in [5.74, 6) is -0.542. The number of halogens is 2. The lowest BCUT2D eigenvalue weighted by Crippen LogP contribution is -2.54. The van der Waals surface area contributed by atoms with Gasteiger partial charge in [0.05, 0.1) is 21.7 Å². The molecule has 0 fully saturated rings. The molecule has 3 N–H and O–H groups in total. The quantitative estimate of drug-likeness (QED) is 0.424. The van der Waals surface area contributed by atoms with Crippen LogP contribution in [-0.2, 0) is 9.09 Å². The largest absolute Gasteiger partial charge is 0.485 e. The van der Waals surface area contributed by atoms with Gasteiger partial charge in [-0.3, -0.25) is 14.1 Å². The van der Waals surface area contributed by atoms with E-state index in [1.165, 1.54) is 25.1 Å². The number of ether oxygens (including phenoxy) is 1. The molecular weight excluding hydrogens is 468 g/mol. The van der Waals surface area contributed by atoms with Gasteiger partial charge in [-0.15, -0.1) is 0 Å². The summed E-state index contributed by atoms with van der Waals surface area (Å²) in [7, 11) is -4.97. The minimum atomic E-state index is -4.97. The summed E-state index contributed by atoms with van der Waals surface area (Å²) in [6.45, 7) is 4.51. The molecule has 0 unspecified atom stereocenters. The van der Waals surface area contributed by atoms with Gasteiger partial charge in [0.2, 0.25) is 0 Å². The van der Waals surface area contributed by atoms with Crippen LogP contribution in [0.15, 0.2) is 36.4 Å². The molecule has 0 aromatic heterocycles. The topological polar surface area (TPSA) is 122 Å². The molecule has 0 bridgehead atoms. The third kappa shape index (κ3) is 5.12. The normalized spacial score (nSPS) is 19.8. The summed E-state index contributed by atoms with van der Waals surface area (Å²) >= 11 is 12.2. The lowest BCUT2D eigenvalue weighted by Gasteiger charge is -2.44. The molecule has 0 saturated carbocycles. The van der Waals surface area contributed by atoms with Crippen LogP contribution >= 0.6 is 31.0 Å². The molecule has 1 aliphatic heterocycles. The summed E-state index contributed by atoms with van der Waals surface area (Å²) in [5, 5.41) is 2.91. The van der Waals surface area contributed by atoms with Crippen LogP contribution < -0.4 is 10.1 Å². The second kappa shape index (κ2) is 8.54. The number of carbonyl (C=O) groups excluding carboxylic acids is 2. The number of ketones is 1. The Balaban J connectivity index is 2.12. The van der Waals surface area contributed by atoms with Crippen LogP contribution in [0, 0.1) is 0 Å². The highest BCUT2D eigenvalue weighted by Crippen LogP contribution is 2.49.